The van der Waals surface area contributed by atoms with Gasteiger partial charge in [0.2, 0.25) is 0 Å². The molecular formula is C56H44ClF4N7O7. The number of hydrogen-bond acceptors (Lipinski definition) is 14. The van der Waals surface area contributed by atoms with E-state index in [0.717, 1.165) is 0 Å². The molecule has 8 aromatic rings. The van der Waals surface area contributed by atoms with Crippen LogP contribution < -0.4 is 14.4 Å². The van der Waals surface area contributed by atoms with E-state index in [1.165, 1.54) is 85.3 Å². The fourth-order valence-corrected chi connectivity index (χ4v) is 9.02. The van der Waals surface area contributed by atoms with Crippen LogP contribution >= 0.6 is 11.6 Å². The van der Waals surface area contributed by atoms with Gasteiger partial charge in [-0.05, 0) is 96.5 Å². The van der Waals surface area contributed by atoms with Gasteiger partial charge in [0.25, 0.3) is 0 Å². The number of morpholine rings is 1. The van der Waals surface area contributed by atoms with Gasteiger partial charge in [-0.3, -0.25) is 19.2 Å². The molecular weight excluding hydrogens is 994 g/mol. The Morgan fingerprint density at radius 2 is 0.933 bits per heavy atom. The highest BCUT2D eigenvalue weighted by molar-refractivity contribution is 6.29. The standard InChI is InChI=1S/C30H26F2N4O4.C26H18ClF2N3O3/c31-21-4-1-19(2-5-21)16-25(37)30(8-9-30)26(38)17-20-3-6-23(22(32)15-20)40-24-7-10-33-29-28(24)35-27(18-34-29)36-11-13-39-14-12-36;27-23-14-31-25-24(32-23)20(7-10-30-25)35-19-6-3-16(11-18(19)29)13-22(34)26(8-9-26)21(33)12-15-1-4-17(28)5-2-15/h1-7,10,15,18H,8-9,11-14,16-17H2;1-7,10-11,14H,8-9,12-13H2. The van der Waals surface area contributed by atoms with E-state index in [9.17, 15) is 32.3 Å². The number of Topliss-reactive ketones (excluding diaryl/α,β-unsaturated/α-hetero) is 4. The van der Waals surface area contributed by atoms with Gasteiger partial charge < -0.3 is 19.1 Å². The maximum absolute atomic E-state index is 15.1. The van der Waals surface area contributed by atoms with E-state index < -0.39 is 22.5 Å². The number of rotatable bonds is 17. The van der Waals surface area contributed by atoms with Crippen molar-refractivity contribution < 1.29 is 51.0 Å². The van der Waals surface area contributed by atoms with Gasteiger partial charge in [-0.1, -0.05) is 48.0 Å². The molecule has 3 fully saturated rings. The van der Waals surface area contributed by atoms with E-state index in [2.05, 4.69) is 34.8 Å². The number of carbonyl (C=O) groups is 4. The Morgan fingerprint density at radius 3 is 1.37 bits per heavy atom. The van der Waals surface area contributed by atoms with Gasteiger partial charge in [-0.25, -0.2) is 47.5 Å². The number of ether oxygens (including phenoxy) is 3. The monoisotopic (exact) mass is 1040 g/mol. The maximum atomic E-state index is 15.1. The second-order valence-corrected chi connectivity index (χ2v) is 18.9. The number of nitrogens with zero attached hydrogens (tertiary/aromatic N) is 7. The molecule has 19 heteroatoms. The van der Waals surface area contributed by atoms with E-state index in [0.29, 0.717) is 103 Å². The summed E-state index contributed by atoms with van der Waals surface area (Å²) in [6.07, 6.45) is 7.82. The summed E-state index contributed by atoms with van der Waals surface area (Å²) in [5, 5.41) is 0.146. The fraction of sp³-hybridized carbons (Fsp3) is 0.250. The minimum Gasteiger partial charge on any atom is -0.452 e. The molecule has 0 spiro atoms. The van der Waals surface area contributed by atoms with Crippen molar-refractivity contribution in [3.8, 4) is 23.0 Å². The third kappa shape index (κ3) is 11.4. The summed E-state index contributed by atoms with van der Waals surface area (Å²) in [6, 6.07) is 23.0. The van der Waals surface area contributed by atoms with Gasteiger partial charge in [0, 0.05) is 63.3 Å². The minimum absolute atomic E-state index is 0.0317. The molecule has 3 aliphatic rings. The van der Waals surface area contributed by atoms with Crippen LogP contribution in [0.3, 0.4) is 0 Å². The number of pyridine rings is 2. The van der Waals surface area contributed by atoms with Crippen LogP contribution in [-0.4, -0.2) is 79.3 Å². The lowest BCUT2D eigenvalue weighted by Gasteiger charge is -2.27. The van der Waals surface area contributed by atoms with Gasteiger partial charge in [0.1, 0.15) is 22.6 Å². The maximum Gasteiger partial charge on any atom is 0.182 e. The van der Waals surface area contributed by atoms with Crippen LogP contribution in [0.25, 0.3) is 22.3 Å². The third-order valence-corrected chi connectivity index (χ3v) is 13.6. The Morgan fingerprint density at radius 1 is 0.520 bits per heavy atom. The number of benzene rings is 4. The Labute approximate surface area is 431 Å². The normalized spacial score (nSPS) is 15.1. The van der Waals surface area contributed by atoms with Crippen molar-refractivity contribution in [2.24, 2.45) is 10.8 Å². The SMILES string of the molecule is O=C(Cc1ccc(F)cc1)C1(C(=O)Cc2ccc(Oc3ccnc4ncc(Cl)nc34)c(F)c2)CC1.O=C(Cc1ccc(F)cc1)C1(C(=O)Cc2ccc(Oc3ccnc4ncc(N5CCOCC5)nc34)c(F)c2)CC1. The molecule has 1 saturated heterocycles. The van der Waals surface area contributed by atoms with Crippen molar-refractivity contribution in [2.45, 2.75) is 51.4 Å². The smallest absolute Gasteiger partial charge is 0.182 e. The van der Waals surface area contributed by atoms with Crippen molar-refractivity contribution in [3.05, 3.63) is 173 Å². The Balaban J connectivity index is 0.000000173. The molecule has 5 heterocycles. The topological polar surface area (TPSA) is 177 Å². The summed E-state index contributed by atoms with van der Waals surface area (Å²) < 4.78 is 73.3. The van der Waals surface area contributed by atoms with E-state index in [-0.39, 0.29) is 88.4 Å². The van der Waals surface area contributed by atoms with Gasteiger partial charge in [0.05, 0.1) is 36.4 Å². The van der Waals surface area contributed by atoms with Gasteiger partial charge in [-0.15, -0.1) is 0 Å². The molecule has 380 valence electrons. The highest BCUT2D eigenvalue weighted by atomic mass is 35.5. The molecule has 0 bridgehead atoms. The van der Waals surface area contributed by atoms with E-state index >= 15 is 4.39 Å². The van der Waals surface area contributed by atoms with Crippen LogP contribution in [-0.2, 0) is 49.6 Å². The van der Waals surface area contributed by atoms with Crippen LogP contribution in [0.2, 0.25) is 5.15 Å². The van der Waals surface area contributed by atoms with Gasteiger partial charge in [-0.2, -0.15) is 0 Å². The molecule has 14 nitrogen and oxygen atoms in total. The molecule has 2 saturated carbocycles. The summed E-state index contributed by atoms with van der Waals surface area (Å²) >= 11 is 5.91. The van der Waals surface area contributed by atoms with Crippen molar-refractivity contribution in [3.63, 3.8) is 0 Å². The quantitative estimate of drug-likeness (QED) is 0.0622. The summed E-state index contributed by atoms with van der Waals surface area (Å²) in [5.41, 5.74) is 1.45. The van der Waals surface area contributed by atoms with Crippen LogP contribution in [0.5, 0.6) is 23.0 Å². The molecule has 4 aromatic heterocycles. The Hall–Kier alpha value is -8.09. The second-order valence-electron chi connectivity index (χ2n) is 18.5. The molecule has 11 rings (SSSR count). The molecule has 0 atom stereocenters. The molecule has 2 aliphatic carbocycles. The zero-order chi connectivity index (χ0) is 52.3. The van der Waals surface area contributed by atoms with Gasteiger partial charge >= 0.3 is 0 Å². The van der Waals surface area contributed by atoms with Crippen molar-refractivity contribution in [2.75, 3.05) is 31.2 Å². The number of fused-ring (bicyclic) bond motifs is 2. The number of hydrogen-bond donors (Lipinski definition) is 0. The third-order valence-electron chi connectivity index (χ3n) is 13.5. The van der Waals surface area contributed by atoms with Crippen molar-refractivity contribution in [1.29, 1.82) is 0 Å². The van der Waals surface area contributed by atoms with Crippen molar-refractivity contribution in [1.82, 2.24) is 29.9 Å². The van der Waals surface area contributed by atoms with Crippen LogP contribution in [0.15, 0.2) is 122 Å². The molecule has 0 amide bonds. The van der Waals surface area contributed by atoms with E-state index in [1.54, 1.807) is 36.5 Å². The summed E-state index contributed by atoms with van der Waals surface area (Å²) in [5.74, 6) is -1.85. The average molecular weight is 1040 g/mol. The number of carbonyl (C=O) groups excluding carboxylic acids is 4. The molecule has 4 aromatic carbocycles. The van der Waals surface area contributed by atoms with E-state index in [4.69, 9.17) is 25.8 Å². The largest absolute Gasteiger partial charge is 0.452 e. The predicted octanol–water partition coefficient (Wildman–Crippen LogP) is 10.1. The lowest BCUT2D eigenvalue weighted by Crippen LogP contribution is -2.36. The fourth-order valence-electron chi connectivity index (χ4n) is 8.88. The lowest BCUT2D eigenvalue weighted by molar-refractivity contribution is -0.135. The number of halogens is 5. The predicted molar refractivity (Wildman–Crippen MR) is 267 cm³/mol. The summed E-state index contributed by atoms with van der Waals surface area (Å²) in [4.78, 5) is 79.5. The Kier molecular flexibility index (Phi) is 14.4. The van der Waals surface area contributed by atoms with Crippen LogP contribution in [0.1, 0.15) is 47.9 Å². The minimum atomic E-state index is -1.05. The van der Waals surface area contributed by atoms with Gasteiger partial charge in [0.15, 0.2) is 80.1 Å². The first kappa shape index (κ1) is 50.4. The highest BCUT2D eigenvalue weighted by Gasteiger charge is 2.55. The first-order chi connectivity index (χ1) is 36.2. The van der Waals surface area contributed by atoms with Crippen LogP contribution in [0.4, 0.5) is 23.4 Å². The second kappa shape index (κ2) is 21.4. The average Bonchev–Trinajstić information content (AvgIpc) is 4.36. The molecule has 1 aliphatic heterocycles. The number of ketones is 4. The number of aromatic nitrogens is 6. The van der Waals surface area contributed by atoms with E-state index in [1.807, 2.05) is 0 Å². The number of anilines is 1. The Bertz CT molecular complexity index is 3500. The zero-order valence-electron chi connectivity index (χ0n) is 39.9. The summed E-state index contributed by atoms with van der Waals surface area (Å²) in [6.45, 7) is 2.56. The first-order valence-corrected chi connectivity index (χ1v) is 24.4. The lowest BCUT2D eigenvalue weighted by atomic mass is 9.88. The first-order valence-electron chi connectivity index (χ1n) is 24.0. The summed E-state index contributed by atoms with van der Waals surface area (Å²) in [7, 11) is 0. The van der Waals surface area contributed by atoms with Crippen LogP contribution in [0, 0.1) is 34.1 Å². The molecule has 0 N–H and O–H groups in total. The molecule has 75 heavy (non-hydrogen) atoms. The molecule has 0 unspecified atom stereocenters. The van der Waals surface area contributed by atoms with Crippen molar-refractivity contribution >= 4 is 62.9 Å². The molecule has 0 radical (unpaired) electrons. The highest BCUT2D eigenvalue weighted by Crippen LogP contribution is 2.50. The zero-order valence-corrected chi connectivity index (χ0v) is 40.7.